The van der Waals surface area contributed by atoms with Gasteiger partial charge in [0.25, 0.3) is 0 Å². The molecule has 2 heteroatoms. The minimum atomic E-state index is 0.477. The molecule has 0 saturated heterocycles. The molecule has 0 aromatic rings. The Labute approximate surface area is 68.5 Å². The molecule has 54 valence electrons. The molecule has 0 saturated carbocycles. The monoisotopic (exact) mass is 166 g/mol. The van der Waals surface area contributed by atoms with Crippen molar-refractivity contribution in [1.82, 2.24) is 0 Å². The van der Waals surface area contributed by atoms with Crippen molar-refractivity contribution >= 4 is 17.9 Å². The largest absolute Gasteiger partial charge is 0.158 e. The van der Waals surface area contributed by atoms with E-state index in [0.29, 0.717) is 17.9 Å². The van der Waals surface area contributed by atoms with Crippen molar-refractivity contribution in [3.05, 3.63) is 11.8 Å². The fraction of sp³-hybridized carbons (Fsp3) is 0.500. The summed E-state index contributed by atoms with van der Waals surface area (Å²) in [5.41, 5.74) is 1.93. The van der Waals surface area contributed by atoms with Crippen molar-refractivity contribution in [2.75, 3.05) is 0 Å². The van der Waals surface area contributed by atoms with Gasteiger partial charge in [-0.3, -0.25) is 0 Å². The Balaban J connectivity index is 0. The summed E-state index contributed by atoms with van der Waals surface area (Å²) in [4.78, 5) is 0. The molecule has 0 spiro atoms. The quantitative estimate of drug-likeness (QED) is 0.522. The Bertz CT molecular complexity index is 146. The third-order valence-electron chi connectivity index (χ3n) is 0.657. The van der Waals surface area contributed by atoms with Crippen molar-refractivity contribution in [3.8, 4) is 12.0 Å². The highest BCUT2D eigenvalue weighted by molar-refractivity contribution is 6.28. The molecule has 0 fully saturated rings. The van der Waals surface area contributed by atoms with Gasteiger partial charge in [0.1, 0.15) is 0 Å². The minimum absolute atomic E-state index is 0.477. The number of rotatable bonds is 1. The van der Waals surface area contributed by atoms with Crippen molar-refractivity contribution < 1.29 is 0 Å². The van der Waals surface area contributed by atoms with Gasteiger partial charge in [-0.05, 0) is 27.6 Å². The van der Waals surface area contributed by atoms with Gasteiger partial charge >= 0.3 is 0 Å². The Morgan fingerprint density at radius 2 is 2.00 bits per heavy atom. The van der Waals surface area contributed by atoms with Crippen LogP contribution in [-0.2, 0) is 0 Å². The van der Waals surface area contributed by atoms with Crippen LogP contribution < -0.4 is 0 Å². The molecule has 0 aliphatic rings. The zero-order valence-electron chi connectivity index (χ0n) is 6.72. The predicted molar refractivity (Wildman–Crippen MR) is 51.3 cm³/mol. The van der Waals surface area contributed by atoms with E-state index in [1.54, 1.807) is 0 Å². The first-order valence-corrected chi connectivity index (χ1v) is 5.78. The van der Waals surface area contributed by atoms with Crippen molar-refractivity contribution in [2.24, 2.45) is 0 Å². The zero-order valence-corrected chi connectivity index (χ0v) is 8.72. The van der Waals surface area contributed by atoms with Gasteiger partial charge in [-0.25, -0.2) is 0 Å². The van der Waals surface area contributed by atoms with Gasteiger partial charge in [-0.15, -0.1) is 0 Å². The molecule has 0 atom stereocenters. The lowest BCUT2D eigenvalue weighted by atomic mass is 10.6. The first-order chi connectivity index (χ1) is 4.83. The van der Waals surface area contributed by atoms with Crippen LogP contribution in [0, 0.1) is 12.0 Å². The van der Waals surface area contributed by atoms with E-state index in [0.717, 1.165) is 0 Å². The summed E-state index contributed by atoms with van der Waals surface area (Å²) >= 11 is 0. The van der Waals surface area contributed by atoms with Crippen molar-refractivity contribution in [3.63, 3.8) is 0 Å². The van der Waals surface area contributed by atoms with Crippen LogP contribution in [0.1, 0.15) is 20.3 Å². The predicted octanol–water partition coefficient (Wildman–Crippen LogP) is 1.92. The third-order valence-corrected chi connectivity index (χ3v) is 1.97. The first-order valence-electron chi connectivity index (χ1n) is 3.34. The summed E-state index contributed by atoms with van der Waals surface area (Å²) in [6, 6.07) is 11.4. The third kappa shape index (κ3) is 25.2. The second-order valence-electron chi connectivity index (χ2n) is 1.62. The highest BCUT2D eigenvalue weighted by Crippen LogP contribution is 1.75. The summed E-state index contributed by atoms with van der Waals surface area (Å²) in [5, 5.41) is 0. The lowest BCUT2D eigenvalue weighted by Gasteiger charge is -1.69. The van der Waals surface area contributed by atoms with E-state index in [1.807, 2.05) is 18.7 Å². The van der Waals surface area contributed by atoms with Crippen LogP contribution >= 0.6 is 0 Å². The summed E-state index contributed by atoms with van der Waals surface area (Å²) in [6.45, 7) is 4.10. The first kappa shape index (κ1) is 12.4. The average molecular weight is 166 g/mol. The molecular weight excluding hydrogens is 152 g/mol. The minimum Gasteiger partial charge on any atom is -0.158 e. The van der Waals surface area contributed by atoms with Crippen LogP contribution in [-0.4, -0.2) is 17.9 Å². The van der Waals surface area contributed by atoms with Gasteiger partial charge in [0, 0.05) is 8.96 Å². The average Bonchev–Trinajstić information content (AvgIpc) is 1.93. The number of hydrogen-bond acceptors (Lipinski definition) is 0. The Kier molecular flexibility index (Phi) is 19.7. The van der Waals surface area contributed by atoms with E-state index < -0.39 is 0 Å². The maximum atomic E-state index is 5.17. The topological polar surface area (TPSA) is 0 Å². The van der Waals surface area contributed by atoms with E-state index >= 15 is 0 Å². The molecule has 0 amide bonds. The van der Waals surface area contributed by atoms with Crippen LogP contribution in [0.25, 0.3) is 0 Å². The Morgan fingerprint density at radius 1 is 1.40 bits per heavy atom. The van der Waals surface area contributed by atoms with E-state index in [-0.39, 0.29) is 0 Å². The number of allylic oxidation sites excluding steroid dienone is 1. The normalized spacial score (nSPS) is 7.20. The molecule has 0 aromatic heterocycles. The second kappa shape index (κ2) is 15.9. The summed E-state index contributed by atoms with van der Waals surface area (Å²) in [7, 11) is 1.14. The van der Waals surface area contributed by atoms with E-state index in [4.69, 9.17) is 12.0 Å². The molecule has 0 radical (unpaired) electrons. The van der Waals surface area contributed by atoms with Crippen molar-refractivity contribution in [1.29, 1.82) is 0 Å². The number of hydrogen-bond donors (Lipinski definition) is 0. The molecule has 0 aromatic carbocycles. The van der Waals surface area contributed by atoms with Crippen LogP contribution in [0.4, 0.5) is 0 Å². The fourth-order valence-electron chi connectivity index (χ4n) is 0.241. The molecule has 0 aliphatic carbocycles. The lowest BCUT2D eigenvalue weighted by Crippen LogP contribution is -1.61. The Hall–Kier alpha value is -0.266. The molecular formula is C8H14Si2. The van der Waals surface area contributed by atoms with Gasteiger partial charge in [0.2, 0.25) is 0 Å². The molecule has 0 rings (SSSR count). The fourth-order valence-corrected chi connectivity index (χ4v) is 0.722. The maximum Gasteiger partial charge on any atom is 0.0109 e. The molecule has 0 aliphatic heterocycles. The highest BCUT2D eigenvalue weighted by atomic mass is 28.2. The van der Waals surface area contributed by atoms with Gasteiger partial charge < -0.3 is 0 Å². The molecule has 0 heterocycles. The van der Waals surface area contributed by atoms with Gasteiger partial charge in [-0.2, -0.15) is 12.0 Å². The van der Waals surface area contributed by atoms with Crippen LogP contribution in [0.3, 0.4) is 0 Å². The van der Waals surface area contributed by atoms with E-state index in [2.05, 4.69) is 6.92 Å². The lowest BCUT2D eigenvalue weighted by molar-refractivity contribution is 1.08. The SMILES string of the molecule is C#[Si]C=CC.C#[Si]CCC. The smallest absolute Gasteiger partial charge is 0.0109 e. The highest BCUT2D eigenvalue weighted by Gasteiger charge is 1.62. The molecule has 10 heavy (non-hydrogen) atoms. The molecule has 0 unspecified atom stereocenters. The van der Waals surface area contributed by atoms with E-state index in [1.165, 1.54) is 12.5 Å². The Morgan fingerprint density at radius 3 is 2.00 bits per heavy atom. The van der Waals surface area contributed by atoms with Crippen LogP contribution in [0.15, 0.2) is 11.8 Å². The van der Waals surface area contributed by atoms with Gasteiger partial charge in [0.15, 0.2) is 0 Å². The zero-order chi connectivity index (χ0) is 8.24. The van der Waals surface area contributed by atoms with E-state index in [9.17, 15) is 0 Å². The van der Waals surface area contributed by atoms with Crippen LogP contribution in [0.5, 0.6) is 0 Å². The molecule has 0 nitrogen and oxygen atoms in total. The van der Waals surface area contributed by atoms with Gasteiger partial charge in [0.05, 0.1) is 0 Å². The summed E-state index contributed by atoms with van der Waals surface area (Å²) < 4.78 is 0. The second-order valence-corrected chi connectivity index (χ2v) is 3.20. The van der Waals surface area contributed by atoms with Crippen molar-refractivity contribution in [2.45, 2.75) is 26.3 Å². The van der Waals surface area contributed by atoms with Crippen LogP contribution in [0.2, 0.25) is 6.04 Å². The molecule has 0 bridgehead atoms. The summed E-state index contributed by atoms with van der Waals surface area (Å²) in [6.07, 6.45) is 3.17. The maximum absolute atomic E-state index is 5.17. The summed E-state index contributed by atoms with van der Waals surface area (Å²) in [5.74, 6) is 0. The van der Waals surface area contributed by atoms with Gasteiger partial charge in [-0.1, -0.05) is 19.4 Å². The standard InChI is InChI=1S/C4H8Si.C4H6Si/c2*1-3-4-5-2/h2H,3-4H2,1H3;2-4H,1H3. The molecule has 0 N–H and O–H groups in total.